The van der Waals surface area contributed by atoms with Gasteiger partial charge in [-0.05, 0) is 37.3 Å². The lowest BCUT2D eigenvalue weighted by Crippen LogP contribution is -2.18. The van der Waals surface area contributed by atoms with E-state index >= 15 is 4.39 Å². The number of ether oxygens (including phenoxy) is 1. The number of nitrogens with one attached hydrogen (secondary N) is 1. The molecule has 5 rings (SSSR count). The summed E-state index contributed by atoms with van der Waals surface area (Å²) in [5.74, 6) is -0.706. The van der Waals surface area contributed by atoms with E-state index < -0.39 is 17.2 Å². The Morgan fingerprint density at radius 2 is 1.90 bits per heavy atom. The lowest BCUT2D eigenvalue weighted by Gasteiger charge is -2.11. The number of carbonyl (C=O) groups excluding carboxylic acids is 1. The van der Waals surface area contributed by atoms with Crippen molar-refractivity contribution >= 4 is 27.9 Å². The van der Waals surface area contributed by atoms with Gasteiger partial charge in [0.15, 0.2) is 11.5 Å². The van der Waals surface area contributed by atoms with E-state index in [1.165, 1.54) is 12.5 Å². The number of carbonyl (C=O) groups is 1. The number of hydrogen-bond donors (Lipinski definition) is 1. The lowest BCUT2D eigenvalue weighted by molar-refractivity contribution is 0.0524. The summed E-state index contributed by atoms with van der Waals surface area (Å²) in [6.07, 6.45) is 4.09. The van der Waals surface area contributed by atoms with Crippen LogP contribution in [0.25, 0.3) is 44.8 Å². The molecule has 0 fully saturated rings. The zero-order chi connectivity index (χ0) is 21.5. The van der Waals surface area contributed by atoms with Gasteiger partial charge in [0.05, 0.1) is 24.5 Å². The van der Waals surface area contributed by atoms with E-state index in [1.807, 2.05) is 0 Å². The van der Waals surface area contributed by atoms with E-state index in [-0.39, 0.29) is 34.1 Å². The minimum atomic E-state index is -0.814. The van der Waals surface area contributed by atoms with Crippen molar-refractivity contribution in [2.45, 2.75) is 6.92 Å². The van der Waals surface area contributed by atoms with Gasteiger partial charge >= 0.3 is 5.97 Å². The smallest absolute Gasteiger partial charge is 0.343 e. The summed E-state index contributed by atoms with van der Waals surface area (Å²) < 4.78 is 30.9. The molecule has 0 saturated heterocycles. The van der Waals surface area contributed by atoms with E-state index in [0.717, 1.165) is 12.3 Å². The fourth-order valence-electron chi connectivity index (χ4n) is 3.39. The summed E-state index contributed by atoms with van der Waals surface area (Å²) >= 11 is 0. The molecule has 1 N–H and O–H groups in total. The maximum absolute atomic E-state index is 15.1. The summed E-state index contributed by atoms with van der Waals surface area (Å²) in [6, 6.07) is 7.81. The van der Waals surface area contributed by atoms with Crippen LogP contribution in [0.5, 0.6) is 0 Å². The van der Waals surface area contributed by atoms with Crippen molar-refractivity contribution in [2.75, 3.05) is 6.61 Å². The number of fused-ring (bicyclic) bond motifs is 3. The first-order chi connectivity index (χ1) is 15.1. The van der Waals surface area contributed by atoms with Gasteiger partial charge in [0.1, 0.15) is 39.3 Å². The van der Waals surface area contributed by atoms with Crippen LogP contribution in [0.3, 0.4) is 0 Å². The minimum Gasteiger partial charge on any atom is -0.463 e. The van der Waals surface area contributed by atoms with Crippen LogP contribution in [0.2, 0.25) is 0 Å². The van der Waals surface area contributed by atoms with Gasteiger partial charge in [-0.25, -0.2) is 14.2 Å². The summed E-state index contributed by atoms with van der Waals surface area (Å²) in [5.41, 5.74) is 0.0919. The first kappa shape index (κ1) is 18.7. The number of pyridine rings is 1. The molecule has 0 radical (unpaired) electrons. The van der Waals surface area contributed by atoms with Crippen molar-refractivity contribution in [3.63, 3.8) is 0 Å². The number of H-pyrrole nitrogens is 1. The second-order valence-electron chi connectivity index (χ2n) is 6.61. The second-order valence-corrected chi connectivity index (χ2v) is 6.61. The highest BCUT2D eigenvalue weighted by Gasteiger charge is 2.22. The number of rotatable bonds is 4. The van der Waals surface area contributed by atoms with Gasteiger partial charge in [0.25, 0.3) is 0 Å². The normalized spacial score (nSPS) is 11.3. The number of halogens is 1. The van der Waals surface area contributed by atoms with E-state index in [9.17, 15) is 9.59 Å². The SMILES string of the molecule is CCOC(=O)c1cnc2c(cc(F)c3[nH]c(-c4ccco4)c(-c4ccco4)nc32)c1=O. The van der Waals surface area contributed by atoms with E-state index in [0.29, 0.717) is 22.9 Å². The van der Waals surface area contributed by atoms with Crippen molar-refractivity contribution in [1.82, 2.24) is 15.0 Å². The largest absolute Gasteiger partial charge is 0.463 e. The third kappa shape index (κ3) is 2.98. The van der Waals surface area contributed by atoms with E-state index in [1.54, 1.807) is 31.2 Å². The lowest BCUT2D eigenvalue weighted by atomic mass is 10.1. The molecule has 0 atom stereocenters. The zero-order valence-electron chi connectivity index (χ0n) is 16.1. The van der Waals surface area contributed by atoms with Crippen LogP contribution in [0, 0.1) is 5.82 Å². The Morgan fingerprint density at radius 1 is 1.16 bits per heavy atom. The van der Waals surface area contributed by atoms with Crippen LogP contribution in [0.15, 0.2) is 62.7 Å². The van der Waals surface area contributed by atoms with Crippen LogP contribution in [0.1, 0.15) is 17.3 Å². The molecule has 0 aliphatic rings. The maximum atomic E-state index is 15.1. The average molecular weight is 419 g/mol. The fraction of sp³-hybridized carbons (Fsp3) is 0.0909. The van der Waals surface area contributed by atoms with Gasteiger partial charge in [-0.15, -0.1) is 0 Å². The number of aromatic nitrogens is 3. The Balaban J connectivity index is 1.85. The highest BCUT2D eigenvalue weighted by Crippen LogP contribution is 2.33. The van der Waals surface area contributed by atoms with Gasteiger partial charge < -0.3 is 18.6 Å². The molecule has 154 valence electrons. The minimum absolute atomic E-state index is 0.0324. The highest BCUT2D eigenvalue weighted by molar-refractivity contribution is 6.05. The quantitative estimate of drug-likeness (QED) is 0.341. The molecule has 9 heteroatoms. The number of esters is 1. The molecule has 31 heavy (non-hydrogen) atoms. The van der Waals surface area contributed by atoms with Crippen molar-refractivity contribution in [3.8, 4) is 22.9 Å². The molecule has 5 aromatic rings. The molecule has 0 amide bonds. The Morgan fingerprint density at radius 3 is 2.58 bits per heavy atom. The molecule has 0 saturated carbocycles. The number of hydrogen-bond acceptors (Lipinski definition) is 7. The van der Waals surface area contributed by atoms with E-state index in [2.05, 4.69) is 15.0 Å². The van der Waals surface area contributed by atoms with Gasteiger partial charge in [-0.3, -0.25) is 9.78 Å². The second kappa shape index (κ2) is 7.21. The zero-order valence-corrected chi connectivity index (χ0v) is 16.1. The molecule has 1 aromatic carbocycles. The molecule has 0 spiro atoms. The summed E-state index contributed by atoms with van der Waals surface area (Å²) in [6.45, 7) is 1.72. The first-order valence-corrected chi connectivity index (χ1v) is 9.38. The fourth-order valence-corrected chi connectivity index (χ4v) is 3.39. The third-order valence-corrected chi connectivity index (χ3v) is 4.77. The Labute approximate surface area is 173 Å². The number of aromatic amines is 1. The molecular weight excluding hydrogens is 405 g/mol. The molecule has 4 aromatic heterocycles. The standard InChI is InChI=1S/C22H14FN3O5/c1-2-29-22(28)12-10-24-16-11(21(12)27)9-13(23)17-20(16)26-19(15-6-4-8-31-15)18(25-17)14-5-3-7-30-14/h3-10,25H,2H2,1H3. The summed E-state index contributed by atoms with van der Waals surface area (Å²) in [5, 5.41) is -0.0763. The Hall–Kier alpha value is -4.27. The summed E-state index contributed by atoms with van der Waals surface area (Å²) in [7, 11) is 0. The van der Waals surface area contributed by atoms with Crippen LogP contribution in [-0.4, -0.2) is 27.5 Å². The first-order valence-electron chi connectivity index (χ1n) is 9.38. The van der Waals surface area contributed by atoms with Crippen LogP contribution >= 0.6 is 0 Å². The molecule has 0 aliphatic carbocycles. The van der Waals surface area contributed by atoms with Gasteiger partial charge in [0.2, 0.25) is 5.43 Å². The van der Waals surface area contributed by atoms with Crippen LogP contribution < -0.4 is 5.43 Å². The third-order valence-electron chi connectivity index (χ3n) is 4.77. The van der Waals surface area contributed by atoms with Crippen molar-refractivity contribution in [2.24, 2.45) is 0 Å². The molecular formula is C22H14FN3O5. The van der Waals surface area contributed by atoms with Crippen molar-refractivity contribution in [3.05, 3.63) is 70.7 Å². The molecule has 8 nitrogen and oxygen atoms in total. The molecule has 0 unspecified atom stereocenters. The van der Waals surface area contributed by atoms with Gasteiger partial charge in [-0.2, -0.15) is 0 Å². The van der Waals surface area contributed by atoms with Crippen molar-refractivity contribution in [1.29, 1.82) is 0 Å². The number of nitrogens with zero attached hydrogens (tertiary/aromatic N) is 2. The van der Waals surface area contributed by atoms with Crippen molar-refractivity contribution < 1.29 is 22.8 Å². The maximum Gasteiger partial charge on any atom is 0.343 e. The van der Waals surface area contributed by atoms with Crippen LogP contribution in [-0.2, 0) is 4.74 Å². The molecule has 0 aliphatic heterocycles. The highest BCUT2D eigenvalue weighted by atomic mass is 19.1. The Bertz CT molecular complexity index is 1490. The van der Waals surface area contributed by atoms with Gasteiger partial charge in [-0.1, -0.05) is 0 Å². The van der Waals surface area contributed by atoms with E-state index in [4.69, 9.17) is 13.6 Å². The topological polar surface area (TPSA) is 111 Å². The predicted octanol–water partition coefficient (Wildman–Crippen LogP) is 4.31. The number of benzene rings is 1. The Kier molecular flexibility index (Phi) is 4.36. The predicted molar refractivity (Wildman–Crippen MR) is 109 cm³/mol. The monoisotopic (exact) mass is 419 g/mol. The number of furan rings is 2. The van der Waals surface area contributed by atoms with Gasteiger partial charge in [0, 0.05) is 6.20 Å². The van der Waals surface area contributed by atoms with Crippen LogP contribution in [0.4, 0.5) is 4.39 Å². The average Bonchev–Trinajstić information content (AvgIpc) is 3.48. The summed E-state index contributed by atoms with van der Waals surface area (Å²) in [4.78, 5) is 36.7. The molecule has 4 heterocycles. The molecule has 0 bridgehead atoms.